The SMILES string of the molecule is CC(C)(C)c1ccc(C(C)(O)C2CCCN2)cc1. The number of aliphatic hydroxyl groups is 1. The molecule has 0 amide bonds. The Balaban J connectivity index is 2.23. The summed E-state index contributed by atoms with van der Waals surface area (Å²) in [6, 6.07) is 8.59. The predicted octanol–water partition coefficient (Wildman–Crippen LogP) is 2.94. The number of hydrogen-bond acceptors (Lipinski definition) is 2. The van der Waals surface area contributed by atoms with E-state index in [1.54, 1.807) is 0 Å². The highest BCUT2D eigenvalue weighted by Crippen LogP contribution is 2.31. The lowest BCUT2D eigenvalue weighted by Gasteiger charge is -2.31. The summed E-state index contributed by atoms with van der Waals surface area (Å²) in [6.45, 7) is 9.55. The molecule has 1 aromatic rings. The summed E-state index contributed by atoms with van der Waals surface area (Å²) in [4.78, 5) is 0. The van der Waals surface area contributed by atoms with Gasteiger partial charge in [-0.3, -0.25) is 0 Å². The molecule has 100 valence electrons. The second kappa shape index (κ2) is 4.67. The molecule has 1 aromatic carbocycles. The Morgan fingerprint density at radius 1 is 1.06 bits per heavy atom. The van der Waals surface area contributed by atoms with Gasteiger partial charge < -0.3 is 10.4 Å². The van der Waals surface area contributed by atoms with E-state index in [2.05, 4.69) is 50.4 Å². The molecule has 1 saturated heterocycles. The fraction of sp³-hybridized carbons (Fsp3) is 0.625. The van der Waals surface area contributed by atoms with Gasteiger partial charge in [-0.2, -0.15) is 0 Å². The fourth-order valence-corrected chi connectivity index (χ4v) is 2.67. The first-order chi connectivity index (χ1) is 8.32. The second-order valence-electron chi connectivity index (χ2n) is 6.62. The first-order valence-electron chi connectivity index (χ1n) is 6.88. The van der Waals surface area contributed by atoms with Crippen LogP contribution in [0.15, 0.2) is 24.3 Å². The molecule has 0 bridgehead atoms. The average Bonchev–Trinajstić information content (AvgIpc) is 2.82. The van der Waals surface area contributed by atoms with Crippen molar-refractivity contribution in [1.29, 1.82) is 0 Å². The maximum Gasteiger partial charge on any atom is 0.102 e. The highest BCUT2D eigenvalue weighted by Gasteiger charge is 2.35. The summed E-state index contributed by atoms with van der Waals surface area (Å²) in [5, 5.41) is 14.1. The minimum absolute atomic E-state index is 0.163. The van der Waals surface area contributed by atoms with Crippen LogP contribution in [0.1, 0.15) is 51.7 Å². The quantitative estimate of drug-likeness (QED) is 0.842. The molecule has 0 aromatic heterocycles. The minimum Gasteiger partial charge on any atom is -0.384 e. The number of benzene rings is 1. The summed E-state index contributed by atoms with van der Waals surface area (Å²) in [5.41, 5.74) is 1.71. The van der Waals surface area contributed by atoms with Gasteiger partial charge in [0.1, 0.15) is 5.60 Å². The molecule has 0 aliphatic carbocycles. The van der Waals surface area contributed by atoms with E-state index in [9.17, 15) is 5.11 Å². The standard InChI is InChI=1S/C16H25NO/c1-15(2,3)12-7-9-13(10-8-12)16(4,18)14-6-5-11-17-14/h7-10,14,17-18H,5-6,11H2,1-4H3. The summed E-state index contributed by atoms with van der Waals surface area (Å²) in [6.07, 6.45) is 2.20. The highest BCUT2D eigenvalue weighted by atomic mass is 16.3. The number of hydrogen-bond donors (Lipinski definition) is 2. The van der Waals surface area contributed by atoms with Gasteiger partial charge in [-0.25, -0.2) is 0 Å². The maximum atomic E-state index is 10.7. The predicted molar refractivity (Wildman–Crippen MR) is 75.7 cm³/mol. The Morgan fingerprint density at radius 2 is 1.61 bits per heavy atom. The average molecular weight is 247 g/mol. The molecule has 2 nitrogen and oxygen atoms in total. The van der Waals surface area contributed by atoms with Crippen LogP contribution >= 0.6 is 0 Å². The van der Waals surface area contributed by atoms with E-state index in [-0.39, 0.29) is 11.5 Å². The number of rotatable bonds is 2. The van der Waals surface area contributed by atoms with Gasteiger partial charge in [-0.05, 0) is 42.9 Å². The maximum absolute atomic E-state index is 10.7. The molecular formula is C16H25NO. The molecule has 18 heavy (non-hydrogen) atoms. The third-order valence-corrected chi connectivity index (χ3v) is 4.07. The van der Waals surface area contributed by atoms with Crippen LogP contribution in [0, 0.1) is 0 Å². The number of nitrogens with one attached hydrogen (secondary N) is 1. The zero-order chi connectivity index (χ0) is 13.4. The van der Waals surface area contributed by atoms with Crippen LogP contribution in [0.3, 0.4) is 0 Å². The Labute approximate surface area is 110 Å². The van der Waals surface area contributed by atoms with Gasteiger partial charge >= 0.3 is 0 Å². The van der Waals surface area contributed by atoms with Crippen molar-refractivity contribution in [3.05, 3.63) is 35.4 Å². The second-order valence-corrected chi connectivity index (χ2v) is 6.62. The molecule has 2 rings (SSSR count). The zero-order valence-electron chi connectivity index (χ0n) is 12.0. The van der Waals surface area contributed by atoms with E-state index in [0.717, 1.165) is 24.9 Å². The van der Waals surface area contributed by atoms with Gasteiger partial charge in [0, 0.05) is 6.04 Å². The highest BCUT2D eigenvalue weighted by molar-refractivity contribution is 5.31. The van der Waals surface area contributed by atoms with E-state index >= 15 is 0 Å². The van der Waals surface area contributed by atoms with Crippen molar-refractivity contribution in [1.82, 2.24) is 5.32 Å². The Morgan fingerprint density at radius 3 is 2.06 bits per heavy atom. The van der Waals surface area contributed by atoms with E-state index < -0.39 is 5.60 Å². The van der Waals surface area contributed by atoms with Crippen molar-refractivity contribution in [3.8, 4) is 0 Å². The molecule has 2 heteroatoms. The molecule has 1 aliphatic heterocycles. The lowest BCUT2D eigenvalue weighted by Crippen LogP contribution is -2.42. The van der Waals surface area contributed by atoms with E-state index in [4.69, 9.17) is 0 Å². The lowest BCUT2D eigenvalue weighted by molar-refractivity contribution is 0.0218. The van der Waals surface area contributed by atoms with Crippen LogP contribution in [0.4, 0.5) is 0 Å². The van der Waals surface area contributed by atoms with E-state index in [0.29, 0.717) is 0 Å². The molecule has 1 aliphatic rings. The first kappa shape index (κ1) is 13.6. The molecule has 0 spiro atoms. The van der Waals surface area contributed by atoms with Crippen molar-refractivity contribution < 1.29 is 5.11 Å². The molecule has 2 unspecified atom stereocenters. The van der Waals surface area contributed by atoms with Crippen LogP contribution in [0.25, 0.3) is 0 Å². The lowest BCUT2D eigenvalue weighted by atomic mass is 9.83. The van der Waals surface area contributed by atoms with Crippen molar-refractivity contribution in [2.45, 2.75) is 57.6 Å². The molecule has 1 heterocycles. The summed E-state index contributed by atoms with van der Waals surface area (Å²) in [7, 11) is 0. The third kappa shape index (κ3) is 2.60. The molecule has 1 fully saturated rings. The fourth-order valence-electron chi connectivity index (χ4n) is 2.67. The molecular weight excluding hydrogens is 222 g/mol. The Bertz CT molecular complexity index is 394. The smallest absolute Gasteiger partial charge is 0.102 e. The van der Waals surface area contributed by atoms with Gasteiger partial charge in [-0.15, -0.1) is 0 Å². The van der Waals surface area contributed by atoms with E-state index in [1.165, 1.54) is 5.56 Å². The van der Waals surface area contributed by atoms with Gasteiger partial charge in [0.15, 0.2) is 0 Å². The molecule has 2 atom stereocenters. The van der Waals surface area contributed by atoms with Crippen LogP contribution < -0.4 is 5.32 Å². The van der Waals surface area contributed by atoms with Crippen LogP contribution in [0.2, 0.25) is 0 Å². The first-order valence-corrected chi connectivity index (χ1v) is 6.88. The normalized spacial score (nSPS) is 23.9. The van der Waals surface area contributed by atoms with Crippen LogP contribution in [0.5, 0.6) is 0 Å². The van der Waals surface area contributed by atoms with Crippen molar-refractivity contribution >= 4 is 0 Å². The summed E-state index contributed by atoms with van der Waals surface area (Å²) < 4.78 is 0. The van der Waals surface area contributed by atoms with Crippen LogP contribution in [-0.4, -0.2) is 17.7 Å². The molecule has 0 saturated carbocycles. The molecule has 2 N–H and O–H groups in total. The summed E-state index contributed by atoms with van der Waals surface area (Å²) >= 11 is 0. The monoisotopic (exact) mass is 247 g/mol. The van der Waals surface area contributed by atoms with Gasteiger partial charge in [0.05, 0.1) is 0 Å². The van der Waals surface area contributed by atoms with Gasteiger partial charge in [0.2, 0.25) is 0 Å². The third-order valence-electron chi connectivity index (χ3n) is 4.07. The Hall–Kier alpha value is -0.860. The molecule has 0 radical (unpaired) electrons. The summed E-state index contributed by atoms with van der Waals surface area (Å²) in [5.74, 6) is 0. The zero-order valence-corrected chi connectivity index (χ0v) is 12.0. The largest absolute Gasteiger partial charge is 0.384 e. The van der Waals surface area contributed by atoms with Crippen molar-refractivity contribution in [2.24, 2.45) is 0 Å². The van der Waals surface area contributed by atoms with Crippen LogP contribution in [-0.2, 0) is 11.0 Å². The Kier molecular flexibility index (Phi) is 3.52. The van der Waals surface area contributed by atoms with Crippen molar-refractivity contribution in [2.75, 3.05) is 6.54 Å². The van der Waals surface area contributed by atoms with Gasteiger partial charge in [0.25, 0.3) is 0 Å². The topological polar surface area (TPSA) is 32.3 Å². The van der Waals surface area contributed by atoms with Gasteiger partial charge in [-0.1, -0.05) is 45.0 Å². The van der Waals surface area contributed by atoms with Crippen molar-refractivity contribution in [3.63, 3.8) is 0 Å². The van der Waals surface area contributed by atoms with E-state index in [1.807, 2.05) is 6.92 Å². The minimum atomic E-state index is -0.771.